The lowest BCUT2D eigenvalue weighted by molar-refractivity contribution is 0.102. The number of nitrogens with zero attached hydrogens (tertiary/aromatic N) is 4. The number of benzene rings is 2. The Bertz CT molecular complexity index is 1630. The van der Waals surface area contributed by atoms with E-state index >= 15 is 0 Å². The number of nitrogens with one attached hydrogen (secondary N) is 2. The first-order valence-electron chi connectivity index (χ1n) is 11.8. The molecular weight excluding hydrogens is 549 g/mol. The molecule has 1 aliphatic rings. The van der Waals surface area contributed by atoms with Crippen LogP contribution in [0.1, 0.15) is 43.1 Å². The third-order valence-electron chi connectivity index (χ3n) is 5.88. The van der Waals surface area contributed by atoms with E-state index in [0.717, 1.165) is 15.6 Å². The van der Waals surface area contributed by atoms with Gasteiger partial charge in [0, 0.05) is 57.3 Å². The molecule has 12 heteroatoms. The molecule has 0 saturated heterocycles. The number of urea groups is 1. The summed E-state index contributed by atoms with van der Waals surface area (Å²) in [7, 11) is 0. The molecule has 0 bridgehead atoms. The molecule has 0 radical (unpaired) electrons. The van der Waals surface area contributed by atoms with Crippen molar-refractivity contribution in [1.29, 1.82) is 0 Å². The maximum Gasteiger partial charge on any atom is 0.343 e. The van der Waals surface area contributed by atoms with Gasteiger partial charge in [0.25, 0.3) is 12.3 Å². The zero-order valence-corrected chi connectivity index (χ0v) is 22.5. The van der Waals surface area contributed by atoms with Crippen LogP contribution in [0.4, 0.5) is 30.8 Å². The molecule has 0 aliphatic carbocycles. The van der Waals surface area contributed by atoms with E-state index in [1.807, 2.05) is 20.8 Å². The number of fused-ring (bicyclic) bond motifs is 4. The zero-order valence-electron chi connectivity index (χ0n) is 21.0. The highest BCUT2D eigenvalue weighted by molar-refractivity contribution is 6.38. The minimum absolute atomic E-state index is 0.0231. The summed E-state index contributed by atoms with van der Waals surface area (Å²) in [6.45, 7) is 5.45. The van der Waals surface area contributed by atoms with Crippen molar-refractivity contribution in [3.8, 4) is 11.1 Å². The number of alkyl halides is 2. The largest absolute Gasteiger partial charge is 0.343 e. The lowest BCUT2D eigenvalue weighted by Crippen LogP contribution is -2.54. The van der Waals surface area contributed by atoms with Crippen LogP contribution in [0.2, 0.25) is 5.02 Å². The Hall–Kier alpha value is -4.02. The summed E-state index contributed by atoms with van der Waals surface area (Å²) in [5, 5.41) is 7.72. The van der Waals surface area contributed by atoms with Crippen molar-refractivity contribution in [1.82, 2.24) is 15.3 Å². The summed E-state index contributed by atoms with van der Waals surface area (Å²) in [4.78, 5) is 35.5. The molecule has 2 aromatic heterocycles. The Morgan fingerprint density at radius 2 is 1.85 bits per heavy atom. The molecule has 1 aliphatic heterocycles. The molecule has 3 heterocycles. The van der Waals surface area contributed by atoms with E-state index in [4.69, 9.17) is 23.4 Å². The molecule has 2 aromatic carbocycles. The highest BCUT2D eigenvalue weighted by atomic mass is 35.5. The van der Waals surface area contributed by atoms with Crippen molar-refractivity contribution in [2.24, 2.45) is 0 Å². The molecule has 200 valence electrons. The Morgan fingerprint density at radius 3 is 2.56 bits per heavy atom. The second kappa shape index (κ2) is 9.94. The first-order valence-corrected chi connectivity index (χ1v) is 12.5. The normalized spacial score (nSPS) is 12.8. The summed E-state index contributed by atoms with van der Waals surface area (Å²) in [6, 6.07) is 11.1. The lowest BCUT2D eigenvalue weighted by atomic mass is 9.99. The van der Waals surface area contributed by atoms with Crippen molar-refractivity contribution < 1.29 is 18.4 Å². The molecule has 5 rings (SSSR count). The number of hydrazine groups is 1. The molecule has 0 fully saturated rings. The molecule has 3 amide bonds. The number of carbonyl (C=O) groups is 2. The van der Waals surface area contributed by atoms with Crippen LogP contribution in [-0.4, -0.2) is 27.4 Å². The molecule has 8 nitrogen and oxygen atoms in total. The molecule has 4 aromatic rings. The molecule has 0 atom stereocenters. The average Bonchev–Trinajstić information content (AvgIpc) is 2.88. The summed E-state index contributed by atoms with van der Waals surface area (Å²) in [5.74, 6) is -0.433. The zero-order chi connectivity index (χ0) is 28.1. The second-order valence-electron chi connectivity index (χ2n) is 9.88. The van der Waals surface area contributed by atoms with Gasteiger partial charge in [-0.05, 0) is 57.2 Å². The van der Waals surface area contributed by atoms with E-state index in [2.05, 4.69) is 20.6 Å². The smallest absolute Gasteiger partial charge is 0.332 e. The van der Waals surface area contributed by atoms with Crippen LogP contribution in [0.25, 0.3) is 22.0 Å². The number of carbonyl (C=O) groups excluding carboxylic acids is 2. The van der Waals surface area contributed by atoms with Gasteiger partial charge in [-0.25, -0.2) is 18.6 Å². The maximum atomic E-state index is 13.5. The number of hydrogen-bond acceptors (Lipinski definition) is 5. The number of hydrogen-bond donors (Lipinski definition) is 2. The van der Waals surface area contributed by atoms with Gasteiger partial charge in [0.1, 0.15) is 5.69 Å². The van der Waals surface area contributed by atoms with Gasteiger partial charge >= 0.3 is 6.03 Å². The van der Waals surface area contributed by atoms with Crippen LogP contribution >= 0.6 is 23.4 Å². The van der Waals surface area contributed by atoms with Crippen LogP contribution < -0.4 is 20.2 Å². The van der Waals surface area contributed by atoms with E-state index in [1.54, 1.807) is 30.6 Å². The number of halogens is 4. The van der Waals surface area contributed by atoms with E-state index in [0.29, 0.717) is 22.0 Å². The van der Waals surface area contributed by atoms with E-state index < -0.39 is 23.9 Å². The van der Waals surface area contributed by atoms with Gasteiger partial charge < -0.3 is 10.6 Å². The standard InChI is InChI=1S/C27H22Cl2F2N6O2/c1-27(2,3)35-26(39)36-24-17(12-16-13-32-10-9-19(16)33-24)21-18(28)7-8-20(22(21)37(36)29)34-25(38)15-6-4-5-14(11-15)23(30)31/h4-13,23H,1-3H3,(H,34,38)(H,35,39). The fourth-order valence-corrected chi connectivity index (χ4v) is 4.78. The molecule has 0 spiro atoms. The average molecular weight is 571 g/mol. The number of aromatic nitrogens is 2. The van der Waals surface area contributed by atoms with Gasteiger partial charge in [-0.15, -0.1) is 0 Å². The van der Waals surface area contributed by atoms with E-state index in [-0.39, 0.29) is 33.3 Å². The molecule has 2 N–H and O–H groups in total. The van der Waals surface area contributed by atoms with Crippen LogP contribution in [0, 0.1) is 0 Å². The first kappa shape index (κ1) is 26.6. The van der Waals surface area contributed by atoms with Gasteiger partial charge in [0.05, 0.1) is 16.2 Å². The van der Waals surface area contributed by atoms with Gasteiger partial charge in [0.2, 0.25) is 0 Å². The van der Waals surface area contributed by atoms with Gasteiger partial charge in [0.15, 0.2) is 5.82 Å². The SMILES string of the molecule is CC(C)(C)NC(=O)N1c2nc3ccncc3cc2-c2c(Cl)ccc(NC(=O)c3cccc(C(F)F)c3)c2N1Cl. The van der Waals surface area contributed by atoms with Gasteiger partial charge in [-0.2, -0.15) is 9.54 Å². The fourth-order valence-electron chi connectivity index (χ4n) is 4.21. The Balaban J connectivity index is 1.68. The van der Waals surface area contributed by atoms with Gasteiger partial charge in [-0.3, -0.25) is 9.78 Å². The first-order chi connectivity index (χ1) is 18.4. The van der Waals surface area contributed by atoms with Crippen LogP contribution in [0.3, 0.4) is 0 Å². The quantitative estimate of drug-likeness (QED) is 0.251. The lowest BCUT2D eigenvalue weighted by Gasteiger charge is -2.39. The Labute approximate surface area is 232 Å². The number of amides is 3. The molecule has 0 saturated carbocycles. The summed E-state index contributed by atoms with van der Waals surface area (Å²) >= 11 is 13.5. The third kappa shape index (κ3) is 5.05. The summed E-state index contributed by atoms with van der Waals surface area (Å²) < 4.78 is 27.5. The van der Waals surface area contributed by atoms with Crippen molar-refractivity contribution in [3.63, 3.8) is 0 Å². The monoisotopic (exact) mass is 570 g/mol. The van der Waals surface area contributed by atoms with Crippen molar-refractivity contribution >= 4 is 63.4 Å². The minimum Gasteiger partial charge on any atom is -0.332 e. The maximum absolute atomic E-state index is 13.5. The minimum atomic E-state index is -2.73. The topological polar surface area (TPSA) is 90.5 Å². The molecular formula is C27H22Cl2F2N6O2. The van der Waals surface area contributed by atoms with Crippen LogP contribution in [-0.2, 0) is 0 Å². The van der Waals surface area contributed by atoms with Crippen LogP contribution in [0.15, 0.2) is 60.9 Å². The number of rotatable bonds is 3. The van der Waals surface area contributed by atoms with E-state index in [9.17, 15) is 18.4 Å². The Morgan fingerprint density at radius 1 is 1.08 bits per heavy atom. The predicted octanol–water partition coefficient (Wildman–Crippen LogP) is 7.34. The highest BCUT2D eigenvalue weighted by Crippen LogP contribution is 2.51. The van der Waals surface area contributed by atoms with Crippen molar-refractivity contribution in [2.75, 3.05) is 14.9 Å². The van der Waals surface area contributed by atoms with E-state index in [1.165, 1.54) is 24.3 Å². The van der Waals surface area contributed by atoms with Crippen molar-refractivity contribution in [2.45, 2.75) is 32.7 Å². The highest BCUT2D eigenvalue weighted by Gasteiger charge is 2.38. The summed E-state index contributed by atoms with van der Waals surface area (Å²) in [5.41, 5.74) is 0.986. The third-order valence-corrected chi connectivity index (χ3v) is 6.51. The van der Waals surface area contributed by atoms with Gasteiger partial charge in [-0.1, -0.05) is 23.7 Å². The molecule has 39 heavy (non-hydrogen) atoms. The number of anilines is 3. The molecule has 0 unspecified atom stereocenters. The summed E-state index contributed by atoms with van der Waals surface area (Å²) in [6.07, 6.45) is 0.479. The second-order valence-corrected chi connectivity index (χ2v) is 10.6. The fraction of sp³-hybridized carbons (Fsp3) is 0.185. The predicted molar refractivity (Wildman–Crippen MR) is 148 cm³/mol. The van der Waals surface area contributed by atoms with Crippen LogP contribution in [0.5, 0.6) is 0 Å². The van der Waals surface area contributed by atoms with Crippen molar-refractivity contribution in [3.05, 3.63) is 77.1 Å². The Kier molecular flexibility index (Phi) is 6.77. The number of pyridine rings is 2.